The van der Waals surface area contributed by atoms with Crippen molar-refractivity contribution in [2.45, 2.75) is 105 Å². The van der Waals surface area contributed by atoms with Gasteiger partial charge in [-0.1, -0.05) is 41.5 Å². The van der Waals surface area contributed by atoms with Crippen molar-refractivity contribution in [3.63, 3.8) is 0 Å². The lowest BCUT2D eigenvalue weighted by Gasteiger charge is -2.28. The number of amides is 5. The highest BCUT2D eigenvalue weighted by molar-refractivity contribution is 5.96. The molecular weight excluding hydrogens is 526 g/mol. The maximum Gasteiger partial charge on any atom is 0.328 e. The maximum absolute atomic E-state index is 13.1. The highest BCUT2D eigenvalue weighted by Gasteiger charge is 2.34. The van der Waals surface area contributed by atoms with E-state index in [0.717, 1.165) is 0 Å². The average Bonchev–Trinajstić information content (AvgIpc) is 2.81. The molecule has 0 fully saturated rings. The third-order valence-corrected chi connectivity index (χ3v) is 5.85. The molecule has 0 spiro atoms. The number of carbonyl (C=O) groups excluding carboxylic acids is 5. The molecular formula is C26H47N5O9. The Bertz CT molecular complexity index is 892. The molecule has 6 atom stereocenters. The van der Waals surface area contributed by atoms with Crippen LogP contribution in [0, 0.1) is 17.8 Å². The lowest BCUT2D eigenvalue weighted by atomic mass is 9.99. The first-order chi connectivity index (χ1) is 18.4. The van der Waals surface area contributed by atoms with Crippen molar-refractivity contribution in [3.8, 4) is 0 Å². The molecule has 0 aliphatic heterocycles. The van der Waals surface area contributed by atoms with Crippen LogP contribution in [-0.2, 0) is 28.8 Å². The number of carboxylic acids is 1. The number of rotatable bonds is 17. The molecule has 8 N–H and O–H groups in total. The summed E-state index contributed by atoms with van der Waals surface area (Å²) in [6.45, 7) is 12.3. The van der Waals surface area contributed by atoms with Crippen LogP contribution in [0.5, 0.6) is 0 Å². The van der Waals surface area contributed by atoms with Gasteiger partial charge in [-0.05, 0) is 37.5 Å². The molecule has 5 amide bonds. The van der Waals surface area contributed by atoms with Crippen molar-refractivity contribution in [1.82, 2.24) is 26.6 Å². The van der Waals surface area contributed by atoms with Gasteiger partial charge < -0.3 is 41.9 Å². The van der Waals surface area contributed by atoms with Crippen LogP contribution in [0.4, 0.5) is 0 Å². The first-order valence-electron chi connectivity index (χ1n) is 13.4. The molecule has 0 unspecified atom stereocenters. The van der Waals surface area contributed by atoms with Crippen LogP contribution < -0.4 is 26.6 Å². The lowest BCUT2D eigenvalue weighted by Crippen LogP contribution is -2.60. The van der Waals surface area contributed by atoms with Crippen LogP contribution in [0.1, 0.15) is 68.2 Å². The van der Waals surface area contributed by atoms with Gasteiger partial charge in [0.2, 0.25) is 29.5 Å². The molecule has 14 heteroatoms. The standard InChI is InChI=1S/C26H47N5O9/c1-12(2)9-17(29-25(38)20(14(5)6)27-16(8)34)22(35)30-19(11-32)24(37)28-18(10-13(3)4)23(36)31-21(15(7)33)26(39)40/h12-15,17-21,32-33H,9-11H2,1-8H3,(H,27,34)(H,28,37)(H,29,38)(H,30,35)(H,31,36)(H,39,40)/t15-,17+,18+,19+,20+,21+/m1/s1. The molecule has 0 aromatic rings. The Hall–Kier alpha value is -3.26. The molecule has 0 aliphatic rings. The minimum absolute atomic E-state index is 0.0501. The van der Waals surface area contributed by atoms with Gasteiger partial charge in [0.15, 0.2) is 6.04 Å². The fourth-order valence-corrected chi connectivity index (χ4v) is 3.80. The summed E-state index contributed by atoms with van der Waals surface area (Å²) in [5, 5.41) is 40.9. The van der Waals surface area contributed by atoms with E-state index in [9.17, 15) is 44.1 Å². The second-order valence-corrected chi connectivity index (χ2v) is 11.1. The van der Waals surface area contributed by atoms with Crippen LogP contribution in [0.25, 0.3) is 0 Å². The fourth-order valence-electron chi connectivity index (χ4n) is 3.80. The fraction of sp³-hybridized carbons (Fsp3) is 0.769. The van der Waals surface area contributed by atoms with Crippen molar-refractivity contribution >= 4 is 35.5 Å². The van der Waals surface area contributed by atoms with E-state index in [1.807, 2.05) is 13.8 Å². The lowest BCUT2D eigenvalue weighted by molar-refractivity contribution is -0.145. The Morgan fingerprint density at radius 3 is 1.35 bits per heavy atom. The highest BCUT2D eigenvalue weighted by Crippen LogP contribution is 2.10. The van der Waals surface area contributed by atoms with E-state index in [4.69, 9.17) is 0 Å². The zero-order valence-corrected chi connectivity index (χ0v) is 24.6. The zero-order valence-electron chi connectivity index (χ0n) is 24.6. The van der Waals surface area contributed by atoms with Gasteiger partial charge in [0.1, 0.15) is 24.2 Å². The van der Waals surface area contributed by atoms with Gasteiger partial charge >= 0.3 is 5.97 Å². The SMILES string of the molecule is CC(=O)N[C@H](C(=O)N[C@@H](CC(C)C)C(=O)N[C@@H](CO)C(=O)N[C@@H](CC(C)C)C(=O)N[C@H](C(=O)O)[C@@H](C)O)C(C)C. The maximum atomic E-state index is 13.1. The van der Waals surface area contributed by atoms with Crippen molar-refractivity contribution in [3.05, 3.63) is 0 Å². The number of nitrogens with one attached hydrogen (secondary N) is 5. The molecule has 0 aromatic heterocycles. The van der Waals surface area contributed by atoms with E-state index in [1.165, 1.54) is 13.8 Å². The van der Waals surface area contributed by atoms with E-state index >= 15 is 0 Å². The monoisotopic (exact) mass is 573 g/mol. The molecule has 14 nitrogen and oxygen atoms in total. The Morgan fingerprint density at radius 2 is 1.00 bits per heavy atom. The molecule has 0 saturated carbocycles. The van der Waals surface area contributed by atoms with Crippen LogP contribution in [0.3, 0.4) is 0 Å². The van der Waals surface area contributed by atoms with Gasteiger partial charge in [-0.15, -0.1) is 0 Å². The summed E-state index contributed by atoms with van der Waals surface area (Å²) >= 11 is 0. The number of aliphatic hydroxyl groups is 2. The van der Waals surface area contributed by atoms with E-state index in [0.29, 0.717) is 0 Å². The minimum Gasteiger partial charge on any atom is -0.480 e. The summed E-state index contributed by atoms with van der Waals surface area (Å²) in [6.07, 6.45) is -1.12. The van der Waals surface area contributed by atoms with Gasteiger partial charge in [0.05, 0.1) is 12.7 Å². The van der Waals surface area contributed by atoms with Crippen molar-refractivity contribution < 1.29 is 44.1 Å². The number of aliphatic hydroxyl groups excluding tert-OH is 2. The van der Waals surface area contributed by atoms with Gasteiger partial charge in [-0.25, -0.2) is 4.79 Å². The van der Waals surface area contributed by atoms with Crippen molar-refractivity contribution in [2.24, 2.45) is 17.8 Å². The Morgan fingerprint density at radius 1 is 0.600 bits per heavy atom. The topological polar surface area (TPSA) is 223 Å². The summed E-state index contributed by atoms with van der Waals surface area (Å²) in [7, 11) is 0. The molecule has 230 valence electrons. The number of carboxylic acid groups (broad SMARTS) is 1. The predicted octanol–water partition coefficient (Wildman–Crippen LogP) is -1.36. The molecule has 0 heterocycles. The van der Waals surface area contributed by atoms with E-state index in [1.54, 1.807) is 27.7 Å². The summed E-state index contributed by atoms with van der Waals surface area (Å²) in [5.41, 5.74) is 0. The van der Waals surface area contributed by atoms with E-state index in [-0.39, 0.29) is 30.6 Å². The second kappa shape index (κ2) is 17.4. The molecule has 0 aromatic carbocycles. The van der Waals surface area contributed by atoms with Gasteiger partial charge in [0, 0.05) is 6.92 Å². The van der Waals surface area contributed by atoms with Crippen LogP contribution >= 0.6 is 0 Å². The summed E-state index contributed by atoms with van der Waals surface area (Å²) in [6, 6.07) is -6.33. The van der Waals surface area contributed by atoms with Crippen molar-refractivity contribution in [1.29, 1.82) is 0 Å². The number of hydrogen-bond donors (Lipinski definition) is 8. The molecule has 40 heavy (non-hydrogen) atoms. The van der Waals surface area contributed by atoms with Gasteiger partial charge in [-0.2, -0.15) is 0 Å². The third-order valence-electron chi connectivity index (χ3n) is 5.85. The Balaban J connectivity index is 5.73. The largest absolute Gasteiger partial charge is 0.480 e. The van der Waals surface area contributed by atoms with Crippen LogP contribution in [-0.4, -0.2) is 93.7 Å². The second-order valence-electron chi connectivity index (χ2n) is 11.1. The number of carbonyl (C=O) groups is 6. The Labute approximate surface area is 235 Å². The van der Waals surface area contributed by atoms with Gasteiger partial charge in [-0.3, -0.25) is 24.0 Å². The quantitative estimate of drug-likeness (QED) is 0.103. The van der Waals surface area contributed by atoms with Gasteiger partial charge in [0.25, 0.3) is 0 Å². The van der Waals surface area contributed by atoms with Crippen molar-refractivity contribution in [2.75, 3.05) is 6.61 Å². The minimum atomic E-state index is -1.61. The summed E-state index contributed by atoms with van der Waals surface area (Å²) < 4.78 is 0. The number of hydrogen-bond acceptors (Lipinski definition) is 8. The molecule has 0 bridgehead atoms. The summed E-state index contributed by atoms with van der Waals surface area (Å²) in [4.78, 5) is 74.7. The van der Waals surface area contributed by atoms with Crippen LogP contribution in [0.15, 0.2) is 0 Å². The smallest absolute Gasteiger partial charge is 0.328 e. The molecule has 0 aliphatic carbocycles. The predicted molar refractivity (Wildman–Crippen MR) is 145 cm³/mol. The Kier molecular flexibility index (Phi) is 16.0. The van der Waals surface area contributed by atoms with E-state index < -0.39 is 78.4 Å². The van der Waals surface area contributed by atoms with Crippen LogP contribution in [0.2, 0.25) is 0 Å². The third kappa shape index (κ3) is 13.2. The average molecular weight is 574 g/mol. The summed E-state index contributed by atoms with van der Waals surface area (Å²) in [5.74, 6) is -5.44. The normalized spacial score (nSPS) is 15.8. The van der Waals surface area contributed by atoms with E-state index in [2.05, 4.69) is 26.6 Å². The first kappa shape index (κ1) is 36.7. The molecule has 0 radical (unpaired) electrons. The molecule has 0 saturated heterocycles. The number of aliphatic carboxylic acids is 1. The highest BCUT2D eigenvalue weighted by atomic mass is 16.4. The molecule has 0 rings (SSSR count). The first-order valence-corrected chi connectivity index (χ1v) is 13.4. The zero-order chi connectivity index (χ0) is 31.3.